The van der Waals surface area contributed by atoms with Crippen molar-refractivity contribution in [2.75, 3.05) is 13.6 Å². The summed E-state index contributed by atoms with van der Waals surface area (Å²) in [5.74, 6) is -0.208. The lowest BCUT2D eigenvalue weighted by Crippen LogP contribution is -2.44. The normalized spacial score (nSPS) is 20.8. The molecule has 2 atom stereocenters. The van der Waals surface area contributed by atoms with Crippen LogP contribution in [0.4, 0.5) is 9.59 Å². The zero-order valence-corrected chi connectivity index (χ0v) is 20.2. The average molecular weight is 526 g/mol. The van der Waals surface area contributed by atoms with E-state index in [0.29, 0.717) is 16.3 Å². The molecule has 2 bridgehead atoms. The number of hydroxylamine groups is 2. The average Bonchev–Trinajstić information content (AvgIpc) is 3.15. The predicted octanol–water partition coefficient (Wildman–Crippen LogP) is -0.693. The third-order valence-electron chi connectivity index (χ3n) is 4.56. The van der Waals surface area contributed by atoms with Crippen LogP contribution >= 0.6 is 0 Å². The molecule has 0 saturated carbocycles. The number of rotatable bonds is 6. The number of aryl methyl sites for hydroxylation is 1. The monoisotopic (exact) mass is 525 g/mol. The van der Waals surface area contributed by atoms with Gasteiger partial charge in [0, 0.05) is 19.7 Å². The molecule has 0 radical (unpaired) electrons. The Hall–Kier alpha value is -3.16. The molecule has 0 aromatic carbocycles. The first kappa shape index (κ1) is 25.5. The van der Waals surface area contributed by atoms with Gasteiger partial charge in [-0.3, -0.25) is 13.5 Å². The summed E-state index contributed by atoms with van der Waals surface area (Å²) in [4.78, 5) is 25.7. The number of hydrogen-bond donors (Lipinski definition) is 3. The van der Waals surface area contributed by atoms with Crippen LogP contribution in [0.25, 0.3) is 0 Å². The van der Waals surface area contributed by atoms with E-state index in [1.54, 1.807) is 0 Å². The summed E-state index contributed by atoms with van der Waals surface area (Å²) in [5.41, 5.74) is -0.282. The molecule has 1 saturated heterocycles. The van der Waals surface area contributed by atoms with Crippen molar-refractivity contribution < 1.29 is 44.3 Å². The molecule has 2 aliphatic heterocycles. The van der Waals surface area contributed by atoms with Crippen LogP contribution in [0.5, 0.6) is 0 Å². The van der Waals surface area contributed by atoms with Crippen LogP contribution in [0.2, 0.25) is 0 Å². The number of urea groups is 1. The van der Waals surface area contributed by atoms with Gasteiger partial charge in [0.1, 0.15) is 17.7 Å². The van der Waals surface area contributed by atoms with E-state index in [1.165, 1.54) is 50.5 Å². The third-order valence-corrected chi connectivity index (χ3v) is 5.60. The van der Waals surface area contributed by atoms with E-state index < -0.39 is 50.5 Å². The van der Waals surface area contributed by atoms with Crippen molar-refractivity contribution in [1.82, 2.24) is 29.8 Å². The molecule has 3 N–H and O–H groups in total. The molecule has 3 heterocycles. The van der Waals surface area contributed by atoms with E-state index in [0.717, 1.165) is 4.90 Å². The standard InChI is InChI=1S/C15H23N7O10S2/c1-15(2,3)30-13(23)19-33(25,26)31-18-12(16-4)11-10-8(6-17-20(10)5)9-7-21(11)14(24)22(9)32-34(27,28)29/h6,9,11H,7H2,1-5H3,(H,16,18)(H,19,23)(H,27,28,29). The number of carbonyl (C=O) groups excluding carboxylic acids is 2. The summed E-state index contributed by atoms with van der Waals surface area (Å²) in [5, 5.41) is 10.7. The van der Waals surface area contributed by atoms with Gasteiger partial charge in [0.2, 0.25) is 0 Å². The van der Waals surface area contributed by atoms with Gasteiger partial charge in [-0.25, -0.2) is 9.59 Å². The number of nitrogens with zero attached hydrogens (tertiary/aromatic N) is 5. The zero-order valence-electron chi connectivity index (χ0n) is 18.6. The first-order chi connectivity index (χ1) is 15.5. The Morgan fingerprint density at radius 3 is 2.50 bits per heavy atom. The summed E-state index contributed by atoms with van der Waals surface area (Å²) in [7, 11) is -6.88. The molecule has 2 unspecified atom stereocenters. The first-order valence-electron chi connectivity index (χ1n) is 9.51. The minimum atomic E-state index is -5.02. The van der Waals surface area contributed by atoms with Crippen molar-refractivity contribution in [3.05, 3.63) is 17.5 Å². The van der Waals surface area contributed by atoms with Crippen molar-refractivity contribution >= 4 is 38.7 Å². The first-order valence-corrected chi connectivity index (χ1v) is 12.3. The van der Waals surface area contributed by atoms with Crippen molar-refractivity contribution in [3.8, 4) is 0 Å². The van der Waals surface area contributed by atoms with E-state index in [9.17, 15) is 26.4 Å². The van der Waals surface area contributed by atoms with Gasteiger partial charge in [0.05, 0.1) is 18.4 Å². The summed E-state index contributed by atoms with van der Waals surface area (Å²) in [6.07, 6.45) is 0.0639. The Bertz CT molecular complexity index is 1230. The highest BCUT2D eigenvalue weighted by Gasteiger charge is 2.53. The number of oxime groups is 1. The largest absolute Gasteiger partial charge is 0.443 e. The van der Waals surface area contributed by atoms with Crippen molar-refractivity contribution in [1.29, 1.82) is 0 Å². The second-order valence-electron chi connectivity index (χ2n) is 8.15. The van der Waals surface area contributed by atoms with Gasteiger partial charge in [-0.05, 0) is 25.9 Å². The van der Waals surface area contributed by atoms with Crippen molar-refractivity contribution in [3.63, 3.8) is 0 Å². The van der Waals surface area contributed by atoms with Crippen LogP contribution in [0, 0.1) is 0 Å². The number of nitrogens with one attached hydrogen (secondary N) is 2. The summed E-state index contributed by atoms with van der Waals surface area (Å²) < 4.78 is 72.5. The molecule has 1 fully saturated rings. The van der Waals surface area contributed by atoms with Gasteiger partial charge in [-0.2, -0.15) is 31.7 Å². The van der Waals surface area contributed by atoms with Crippen LogP contribution in [0.3, 0.4) is 0 Å². The highest BCUT2D eigenvalue weighted by Crippen LogP contribution is 2.44. The number of ether oxygens (including phenoxy) is 1. The number of hydrogen-bond acceptors (Lipinski definition) is 11. The molecular formula is C15H23N7O10S2. The van der Waals surface area contributed by atoms with Crippen molar-refractivity contribution in [2.45, 2.75) is 38.5 Å². The Labute approximate surface area is 194 Å². The van der Waals surface area contributed by atoms with Gasteiger partial charge in [-0.1, -0.05) is 0 Å². The summed E-state index contributed by atoms with van der Waals surface area (Å²) in [6, 6.07) is -3.02. The maximum absolute atomic E-state index is 12.9. The third kappa shape index (κ3) is 5.32. The topological polar surface area (TPSA) is 211 Å². The number of amidine groups is 1. The van der Waals surface area contributed by atoms with E-state index in [1.807, 2.05) is 0 Å². The summed E-state index contributed by atoms with van der Waals surface area (Å²) >= 11 is 0. The van der Waals surface area contributed by atoms with E-state index in [4.69, 9.17) is 9.29 Å². The minimum Gasteiger partial charge on any atom is -0.443 e. The SMILES string of the molecule is CN/C(=N\OS(=O)(=O)NC(=O)OC(C)(C)C)C1c2c(cnn2C)C2CN1C(=O)N2OS(=O)(=O)O. The van der Waals surface area contributed by atoms with Gasteiger partial charge in [0.15, 0.2) is 5.84 Å². The van der Waals surface area contributed by atoms with Crippen LogP contribution in [0.15, 0.2) is 11.4 Å². The van der Waals surface area contributed by atoms with E-state index >= 15 is 0 Å². The lowest BCUT2D eigenvalue weighted by atomic mass is 9.97. The Morgan fingerprint density at radius 1 is 1.29 bits per heavy atom. The highest BCUT2D eigenvalue weighted by molar-refractivity contribution is 7.85. The van der Waals surface area contributed by atoms with Crippen molar-refractivity contribution in [2.24, 2.45) is 12.2 Å². The molecule has 0 aliphatic carbocycles. The lowest BCUT2D eigenvalue weighted by Gasteiger charge is -2.31. The van der Waals surface area contributed by atoms with E-state index in [2.05, 4.69) is 24.1 Å². The predicted molar refractivity (Wildman–Crippen MR) is 111 cm³/mol. The van der Waals surface area contributed by atoms with Gasteiger partial charge in [0.25, 0.3) is 0 Å². The smallest absolute Gasteiger partial charge is 0.431 e. The Balaban J connectivity index is 1.92. The lowest BCUT2D eigenvalue weighted by molar-refractivity contribution is -0.0316. The highest BCUT2D eigenvalue weighted by atomic mass is 32.3. The number of likely N-dealkylation sites (N-methyl/N-ethyl adjacent to an activating group) is 1. The van der Waals surface area contributed by atoms with Crippen LogP contribution < -0.4 is 10.0 Å². The molecule has 0 spiro atoms. The molecule has 3 rings (SSSR count). The minimum absolute atomic E-state index is 0.110. The fourth-order valence-electron chi connectivity index (χ4n) is 3.45. The number of fused-ring (bicyclic) bond motifs is 4. The Kier molecular flexibility index (Phi) is 6.41. The molecular weight excluding hydrogens is 502 g/mol. The molecule has 34 heavy (non-hydrogen) atoms. The van der Waals surface area contributed by atoms with Crippen LogP contribution in [-0.4, -0.2) is 78.3 Å². The van der Waals surface area contributed by atoms with Gasteiger partial charge < -0.3 is 15.0 Å². The Morgan fingerprint density at radius 2 is 1.94 bits per heavy atom. The number of carbonyl (C=O) groups is 2. The molecule has 3 amide bonds. The zero-order chi connectivity index (χ0) is 25.6. The van der Waals surface area contributed by atoms with Gasteiger partial charge >= 0.3 is 32.8 Å². The quantitative estimate of drug-likeness (QED) is 0.182. The fourth-order valence-corrected chi connectivity index (χ4v) is 4.28. The maximum Gasteiger partial charge on any atom is 0.431 e. The molecule has 1 aromatic rings. The fraction of sp³-hybridized carbons (Fsp3) is 0.600. The second kappa shape index (κ2) is 8.56. The van der Waals surface area contributed by atoms with Gasteiger partial charge in [-0.15, -0.1) is 4.28 Å². The summed E-state index contributed by atoms with van der Waals surface area (Å²) in [6.45, 7) is 4.48. The number of aromatic nitrogens is 2. The van der Waals surface area contributed by atoms with Crippen LogP contribution in [0.1, 0.15) is 44.1 Å². The van der Waals surface area contributed by atoms with E-state index in [-0.39, 0.29) is 12.4 Å². The molecule has 1 aromatic heterocycles. The van der Waals surface area contributed by atoms with Crippen LogP contribution in [-0.2, 0) is 41.1 Å². The molecule has 190 valence electrons. The second-order valence-corrected chi connectivity index (χ2v) is 10.4. The number of amides is 3. The molecule has 2 aliphatic rings. The molecule has 17 nitrogen and oxygen atoms in total. The maximum atomic E-state index is 12.9. The molecule has 19 heteroatoms.